The van der Waals surface area contributed by atoms with Crippen LogP contribution in [0.15, 0.2) is 30.3 Å². The van der Waals surface area contributed by atoms with E-state index in [0.29, 0.717) is 18.6 Å². The lowest BCUT2D eigenvalue weighted by molar-refractivity contribution is -0.141. The summed E-state index contributed by atoms with van der Waals surface area (Å²) in [6.45, 7) is 0.682. The molecule has 2 rings (SSSR count). The summed E-state index contributed by atoms with van der Waals surface area (Å²) in [6, 6.07) is 8.29. The number of carboxylic acids is 1. The third-order valence-corrected chi connectivity index (χ3v) is 5.11. The fourth-order valence-electron chi connectivity index (χ4n) is 2.62. The molecule has 0 radical (unpaired) electrons. The molecule has 1 aromatic rings. The number of carboxylic acid groups (broad SMARTS) is 1. The van der Waals surface area contributed by atoms with Gasteiger partial charge in [0.15, 0.2) is 0 Å². The van der Waals surface area contributed by atoms with Gasteiger partial charge in [-0.15, -0.1) is 0 Å². The zero-order chi connectivity index (χ0) is 14.6. The molecule has 0 bridgehead atoms. The van der Waals surface area contributed by atoms with E-state index < -0.39 is 19.2 Å². The van der Waals surface area contributed by atoms with Crippen molar-refractivity contribution in [1.29, 1.82) is 0 Å². The molecule has 20 heavy (non-hydrogen) atoms. The fraction of sp³-hybridized carbons (Fsp3) is 0.500. The van der Waals surface area contributed by atoms with Crippen molar-refractivity contribution in [1.82, 2.24) is 0 Å². The van der Waals surface area contributed by atoms with Crippen LogP contribution in [-0.2, 0) is 19.3 Å². The van der Waals surface area contributed by atoms with Crippen LogP contribution in [-0.4, -0.2) is 28.7 Å². The minimum Gasteiger partial charge on any atom is -0.477 e. The smallest absolute Gasteiger partial charge is 0.477 e. The van der Waals surface area contributed by atoms with Crippen molar-refractivity contribution in [3.8, 4) is 0 Å². The average Bonchev–Trinajstić information content (AvgIpc) is 2.93. The van der Waals surface area contributed by atoms with Crippen LogP contribution >= 0.6 is 8.03 Å². The lowest BCUT2D eigenvalue weighted by Gasteiger charge is -2.19. The average molecular weight is 297 g/mol. The van der Waals surface area contributed by atoms with Gasteiger partial charge >= 0.3 is 19.2 Å². The first-order valence-electron chi connectivity index (χ1n) is 6.64. The number of rotatable bonds is 6. The molecule has 3 unspecified atom stereocenters. The lowest BCUT2D eigenvalue weighted by Crippen LogP contribution is -2.33. The summed E-state index contributed by atoms with van der Waals surface area (Å²) in [5, 5.41) is 7.79. The predicted molar refractivity (Wildman–Crippen MR) is 73.8 cm³/mol. The highest BCUT2D eigenvalue weighted by atomic mass is 31.1. The second kappa shape index (κ2) is 6.44. The maximum absolute atomic E-state index is 11.8. The molecule has 0 saturated carbocycles. The van der Waals surface area contributed by atoms with E-state index in [2.05, 4.69) is 0 Å². The van der Waals surface area contributed by atoms with Gasteiger partial charge in [0.1, 0.15) is 0 Å². The van der Waals surface area contributed by atoms with Gasteiger partial charge in [-0.1, -0.05) is 30.3 Å². The van der Waals surface area contributed by atoms with Crippen LogP contribution in [0.3, 0.4) is 0 Å². The Morgan fingerprint density at radius 2 is 2.10 bits per heavy atom. The summed E-state index contributed by atoms with van der Waals surface area (Å²) in [4.78, 5) is 21.3. The molecule has 1 aliphatic heterocycles. The van der Waals surface area contributed by atoms with E-state index in [1.165, 1.54) is 0 Å². The molecular weight excluding hydrogens is 279 g/mol. The molecule has 0 spiro atoms. The molecule has 0 aliphatic carbocycles. The van der Waals surface area contributed by atoms with Crippen LogP contribution in [0.25, 0.3) is 0 Å². The topological polar surface area (TPSA) is 83.8 Å². The van der Waals surface area contributed by atoms with Crippen LogP contribution in [0.1, 0.15) is 31.2 Å². The van der Waals surface area contributed by atoms with E-state index in [-0.39, 0.29) is 12.5 Å². The quantitative estimate of drug-likeness (QED) is 0.789. The van der Waals surface area contributed by atoms with Gasteiger partial charge in [0.2, 0.25) is 0 Å². The zero-order valence-corrected chi connectivity index (χ0v) is 12.0. The van der Waals surface area contributed by atoms with Gasteiger partial charge in [-0.25, -0.2) is 4.79 Å². The van der Waals surface area contributed by atoms with Crippen molar-refractivity contribution in [2.75, 3.05) is 6.61 Å². The molecule has 108 valence electrons. The number of carbonyl (C=O) groups is 1. The summed E-state index contributed by atoms with van der Waals surface area (Å²) in [5.74, 6) is -1.26. The molecule has 1 saturated heterocycles. The maximum Gasteiger partial charge on any atom is 0.528 e. The van der Waals surface area contributed by atoms with Gasteiger partial charge in [-0.3, -0.25) is 0 Å². The number of ether oxygens (including phenoxy) is 1. The Kier molecular flexibility index (Phi) is 4.86. The number of aliphatic carboxylic acids is 1. The Balaban J connectivity index is 2.27. The van der Waals surface area contributed by atoms with E-state index >= 15 is 0 Å². The molecule has 2 N–H and O–H groups in total. The van der Waals surface area contributed by atoms with Gasteiger partial charge < -0.3 is 9.84 Å². The van der Waals surface area contributed by atoms with E-state index in [1.807, 2.05) is 0 Å². The van der Waals surface area contributed by atoms with Gasteiger partial charge in [0.05, 0.1) is 6.10 Å². The second-order valence-corrected chi connectivity index (χ2v) is 6.29. The van der Waals surface area contributed by atoms with Gasteiger partial charge in [0.25, 0.3) is 0 Å². The predicted octanol–water partition coefficient (Wildman–Crippen LogP) is 2.66. The maximum atomic E-state index is 11.8. The van der Waals surface area contributed by atoms with E-state index in [9.17, 15) is 19.4 Å². The second-order valence-electron chi connectivity index (χ2n) is 4.98. The summed E-state index contributed by atoms with van der Waals surface area (Å²) >= 11 is 0. The molecule has 1 aliphatic rings. The van der Waals surface area contributed by atoms with Gasteiger partial charge in [-0.2, -0.15) is 4.89 Å². The van der Waals surface area contributed by atoms with Crippen LogP contribution in [0.2, 0.25) is 0 Å². The van der Waals surface area contributed by atoms with Crippen LogP contribution < -0.4 is 0 Å². The summed E-state index contributed by atoms with van der Waals surface area (Å²) in [5.41, 5.74) is 0.370. The number of hydrogen-bond acceptors (Lipinski definition) is 3. The molecule has 6 heteroatoms. The Morgan fingerprint density at radius 1 is 1.40 bits per heavy atom. The molecule has 0 amide bonds. The van der Waals surface area contributed by atoms with Gasteiger partial charge in [0, 0.05) is 18.6 Å². The minimum atomic E-state index is -2.89. The van der Waals surface area contributed by atoms with Gasteiger partial charge in [-0.05, 0) is 23.8 Å². The molecule has 1 heterocycles. The van der Waals surface area contributed by atoms with E-state index in [0.717, 1.165) is 12.8 Å². The third-order valence-electron chi connectivity index (χ3n) is 3.78. The Hall–Kier alpha value is -1.29. The first kappa shape index (κ1) is 15.1. The molecule has 1 fully saturated rings. The highest BCUT2D eigenvalue weighted by Crippen LogP contribution is 2.49. The monoisotopic (exact) mass is 297 g/mol. The van der Waals surface area contributed by atoms with Crippen molar-refractivity contribution in [2.24, 2.45) is 0 Å². The number of hydrogen-bond donors (Lipinski definition) is 2. The standard InChI is InChI=1S/C14H17O5P/c15-13(16)14(20(17)18,11-5-2-1-3-6-11)9-8-12-7-4-10-19-12/h1-3,5-6,12H,4,7-10H2,(H-,15,16,17,18)/p+1. The molecule has 3 atom stereocenters. The highest BCUT2D eigenvalue weighted by molar-refractivity contribution is 7.41. The molecule has 1 aromatic carbocycles. The third kappa shape index (κ3) is 2.90. The van der Waals surface area contributed by atoms with Crippen LogP contribution in [0, 0.1) is 0 Å². The van der Waals surface area contributed by atoms with Crippen LogP contribution in [0.4, 0.5) is 0 Å². The Morgan fingerprint density at radius 3 is 2.60 bits per heavy atom. The summed E-state index contributed by atoms with van der Waals surface area (Å²) in [7, 11) is -2.89. The van der Waals surface area contributed by atoms with Crippen molar-refractivity contribution >= 4 is 14.0 Å². The van der Waals surface area contributed by atoms with E-state index in [4.69, 9.17) is 4.74 Å². The summed E-state index contributed by atoms with van der Waals surface area (Å²) in [6.07, 6.45) is 2.41. The van der Waals surface area contributed by atoms with E-state index in [1.54, 1.807) is 30.3 Å². The van der Waals surface area contributed by atoms with Crippen LogP contribution in [0.5, 0.6) is 0 Å². The normalized spacial score (nSPS) is 22.2. The van der Waals surface area contributed by atoms with Crippen molar-refractivity contribution in [2.45, 2.75) is 36.9 Å². The minimum absolute atomic E-state index is 0.00705. The van der Waals surface area contributed by atoms with Crippen molar-refractivity contribution in [3.05, 3.63) is 35.9 Å². The molecular formula is C14H18O5P+. The SMILES string of the molecule is O=C(O)C(CCC1CCCO1)(c1ccccc1)[P+](=O)O. The molecule has 5 nitrogen and oxygen atoms in total. The highest BCUT2D eigenvalue weighted by Gasteiger charge is 2.58. The molecule has 0 aromatic heterocycles. The van der Waals surface area contributed by atoms with Crippen molar-refractivity contribution in [3.63, 3.8) is 0 Å². The first-order valence-corrected chi connectivity index (χ1v) is 7.85. The van der Waals surface area contributed by atoms with Crippen molar-refractivity contribution < 1.29 is 24.1 Å². The lowest BCUT2D eigenvalue weighted by atomic mass is 9.91. The summed E-state index contributed by atoms with van der Waals surface area (Å²) < 4.78 is 17.3. The Bertz CT molecular complexity index is 468. The zero-order valence-electron chi connectivity index (χ0n) is 11.1. The fourth-order valence-corrected chi connectivity index (χ4v) is 3.47. The largest absolute Gasteiger partial charge is 0.528 e. The number of benzene rings is 1. The first-order chi connectivity index (χ1) is 9.57. The Labute approximate surface area is 118 Å².